The lowest BCUT2D eigenvalue weighted by Gasteiger charge is -2.46. The SMILES string of the molecule is Cc1cc2c(c(C)c1-c1cc[nH]n1)C(F)(F)C2(F)C(F)(F)F. The van der Waals surface area contributed by atoms with Gasteiger partial charge in [0.1, 0.15) is 0 Å². The van der Waals surface area contributed by atoms with Crippen molar-refractivity contribution in [1.82, 2.24) is 10.2 Å². The Morgan fingerprint density at radius 3 is 2.27 bits per heavy atom. The van der Waals surface area contributed by atoms with Crippen LogP contribution in [0.15, 0.2) is 18.3 Å². The highest BCUT2D eigenvalue weighted by Crippen LogP contribution is 2.67. The number of hydrogen-bond acceptors (Lipinski definition) is 1. The Bertz CT molecular complexity index is 748. The van der Waals surface area contributed by atoms with Crippen LogP contribution in [0.25, 0.3) is 11.3 Å². The topological polar surface area (TPSA) is 28.7 Å². The fourth-order valence-corrected chi connectivity index (χ4v) is 3.06. The Morgan fingerprint density at radius 2 is 1.77 bits per heavy atom. The molecule has 0 radical (unpaired) electrons. The smallest absolute Gasteiger partial charge is 0.285 e. The lowest BCUT2D eigenvalue weighted by molar-refractivity contribution is -0.333. The summed E-state index contributed by atoms with van der Waals surface area (Å²) >= 11 is 0. The van der Waals surface area contributed by atoms with Crippen molar-refractivity contribution in [2.24, 2.45) is 0 Å². The van der Waals surface area contributed by atoms with Crippen LogP contribution in [0.5, 0.6) is 0 Å². The van der Waals surface area contributed by atoms with Gasteiger partial charge in [-0.15, -0.1) is 0 Å². The second kappa shape index (κ2) is 4.05. The molecular weight excluding hydrogens is 310 g/mol. The third-order valence-corrected chi connectivity index (χ3v) is 4.04. The molecule has 118 valence electrons. The molecule has 1 heterocycles. The van der Waals surface area contributed by atoms with Gasteiger partial charge in [-0.05, 0) is 31.0 Å². The van der Waals surface area contributed by atoms with Crippen molar-refractivity contribution in [1.29, 1.82) is 0 Å². The van der Waals surface area contributed by atoms with E-state index in [0.717, 1.165) is 6.07 Å². The van der Waals surface area contributed by atoms with Crippen LogP contribution in [0.3, 0.4) is 0 Å². The first-order chi connectivity index (χ1) is 10.0. The number of aromatic nitrogens is 2. The standard InChI is InChI=1S/C14H10F6N2/c1-6-5-8-11(7(2)10(6)9-3-4-21-22-9)13(16,17)12(8,15)14(18,19)20/h3-5H,1-2H3,(H,21,22). The van der Waals surface area contributed by atoms with E-state index < -0.39 is 28.9 Å². The van der Waals surface area contributed by atoms with Crippen molar-refractivity contribution in [2.75, 3.05) is 0 Å². The number of benzene rings is 1. The molecule has 22 heavy (non-hydrogen) atoms. The minimum Gasteiger partial charge on any atom is -0.285 e. The second-order valence-electron chi connectivity index (χ2n) is 5.31. The largest absolute Gasteiger partial charge is 0.433 e. The maximum absolute atomic E-state index is 14.1. The van der Waals surface area contributed by atoms with Crippen molar-refractivity contribution in [3.05, 3.63) is 40.6 Å². The number of nitrogens with one attached hydrogen (secondary N) is 1. The molecule has 0 saturated heterocycles. The van der Waals surface area contributed by atoms with E-state index >= 15 is 0 Å². The molecule has 0 aliphatic heterocycles. The molecular formula is C14H10F6N2. The number of hydrogen-bond donors (Lipinski definition) is 1. The number of alkyl halides is 6. The molecule has 1 aliphatic carbocycles. The van der Waals surface area contributed by atoms with Gasteiger partial charge in [0.15, 0.2) is 0 Å². The van der Waals surface area contributed by atoms with Gasteiger partial charge in [-0.1, -0.05) is 6.07 Å². The molecule has 1 aromatic carbocycles. The van der Waals surface area contributed by atoms with Gasteiger partial charge < -0.3 is 0 Å². The third-order valence-electron chi connectivity index (χ3n) is 4.04. The van der Waals surface area contributed by atoms with Gasteiger partial charge in [0, 0.05) is 22.9 Å². The lowest BCUT2D eigenvalue weighted by atomic mass is 9.66. The molecule has 2 aromatic rings. The molecule has 1 atom stereocenters. The summed E-state index contributed by atoms with van der Waals surface area (Å²) in [5, 5.41) is 6.35. The summed E-state index contributed by atoms with van der Waals surface area (Å²) in [7, 11) is 0. The first-order valence-electron chi connectivity index (χ1n) is 6.32. The van der Waals surface area contributed by atoms with Crippen molar-refractivity contribution in [3.8, 4) is 11.3 Å². The summed E-state index contributed by atoms with van der Waals surface area (Å²) in [6, 6.07) is 2.34. The van der Waals surface area contributed by atoms with Crippen LogP contribution in [-0.4, -0.2) is 16.4 Å². The Hall–Kier alpha value is -1.99. The molecule has 8 heteroatoms. The summed E-state index contributed by atoms with van der Waals surface area (Å²) in [5.41, 5.74) is -5.81. The van der Waals surface area contributed by atoms with Gasteiger partial charge in [-0.3, -0.25) is 5.10 Å². The van der Waals surface area contributed by atoms with Gasteiger partial charge in [0.05, 0.1) is 5.69 Å². The summed E-state index contributed by atoms with van der Waals surface area (Å²) < 4.78 is 80.5. The average Bonchev–Trinajstić information content (AvgIpc) is 2.89. The number of halogens is 6. The fraction of sp³-hybridized carbons (Fsp3) is 0.357. The van der Waals surface area contributed by atoms with Crippen molar-refractivity contribution in [2.45, 2.75) is 31.6 Å². The van der Waals surface area contributed by atoms with E-state index in [4.69, 9.17) is 0 Å². The lowest BCUT2D eigenvalue weighted by Crippen LogP contribution is -2.59. The Labute approximate surface area is 121 Å². The van der Waals surface area contributed by atoms with Crippen molar-refractivity contribution in [3.63, 3.8) is 0 Å². The number of rotatable bonds is 1. The van der Waals surface area contributed by atoms with Crippen LogP contribution in [0.2, 0.25) is 0 Å². The highest BCUT2D eigenvalue weighted by atomic mass is 19.4. The molecule has 1 aromatic heterocycles. The second-order valence-corrected chi connectivity index (χ2v) is 5.31. The maximum atomic E-state index is 14.1. The minimum atomic E-state index is -5.68. The summed E-state index contributed by atoms with van der Waals surface area (Å²) in [6.45, 7) is 2.68. The molecule has 0 fully saturated rings. The van der Waals surface area contributed by atoms with Gasteiger partial charge >= 0.3 is 12.1 Å². The Balaban J connectivity index is 2.31. The average molecular weight is 320 g/mol. The van der Waals surface area contributed by atoms with Crippen LogP contribution < -0.4 is 0 Å². The number of H-pyrrole nitrogens is 1. The zero-order chi connectivity index (χ0) is 16.5. The minimum absolute atomic E-state index is 0.0929. The van der Waals surface area contributed by atoms with Crippen LogP contribution in [0.4, 0.5) is 26.3 Å². The highest BCUT2D eigenvalue weighted by Gasteiger charge is 2.80. The Kier molecular flexibility index (Phi) is 2.75. The summed E-state index contributed by atoms with van der Waals surface area (Å²) in [4.78, 5) is 0. The fourth-order valence-electron chi connectivity index (χ4n) is 3.06. The van der Waals surface area contributed by atoms with Gasteiger partial charge in [-0.2, -0.15) is 27.1 Å². The monoisotopic (exact) mass is 320 g/mol. The Morgan fingerprint density at radius 1 is 1.14 bits per heavy atom. The molecule has 0 bridgehead atoms. The van der Waals surface area contributed by atoms with E-state index in [0.29, 0.717) is 5.69 Å². The van der Waals surface area contributed by atoms with Crippen LogP contribution in [0.1, 0.15) is 22.3 Å². The van der Waals surface area contributed by atoms with Crippen LogP contribution >= 0.6 is 0 Å². The molecule has 1 aliphatic rings. The van der Waals surface area contributed by atoms with Crippen LogP contribution in [-0.2, 0) is 11.6 Å². The number of nitrogens with zero attached hydrogens (tertiary/aromatic N) is 1. The van der Waals surface area contributed by atoms with Crippen LogP contribution in [0, 0.1) is 13.8 Å². The number of fused-ring (bicyclic) bond motifs is 1. The highest BCUT2D eigenvalue weighted by molar-refractivity contribution is 5.73. The maximum Gasteiger partial charge on any atom is 0.433 e. The zero-order valence-electron chi connectivity index (χ0n) is 11.4. The predicted molar refractivity (Wildman–Crippen MR) is 66.2 cm³/mol. The summed E-state index contributed by atoms with van der Waals surface area (Å²) in [5.74, 6) is -4.62. The molecule has 3 rings (SSSR count). The van der Waals surface area contributed by atoms with E-state index in [1.54, 1.807) is 0 Å². The van der Waals surface area contributed by atoms with Gasteiger partial charge in [-0.25, -0.2) is 4.39 Å². The molecule has 1 N–H and O–H groups in total. The number of aromatic amines is 1. The van der Waals surface area contributed by atoms with E-state index in [1.165, 1.54) is 26.1 Å². The number of aryl methyl sites for hydroxylation is 1. The van der Waals surface area contributed by atoms with E-state index in [1.807, 2.05) is 0 Å². The molecule has 0 saturated carbocycles. The first kappa shape index (κ1) is 14.9. The van der Waals surface area contributed by atoms with Gasteiger partial charge in [0.25, 0.3) is 5.67 Å². The zero-order valence-corrected chi connectivity index (χ0v) is 11.4. The quantitative estimate of drug-likeness (QED) is 0.769. The molecule has 0 spiro atoms. The summed E-state index contributed by atoms with van der Waals surface area (Å²) in [6.07, 6.45) is -4.23. The molecule has 2 nitrogen and oxygen atoms in total. The van der Waals surface area contributed by atoms with Gasteiger partial charge in [0.2, 0.25) is 0 Å². The van der Waals surface area contributed by atoms with E-state index in [2.05, 4.69) is 10.2 Å². The van der Waals surface area contributed by atoms with Crippen molar-refractivity contribution < 1.29 is 26.3 Å². The third kappa shape index (κ3) is 1.50. The molecule has 1 unspecified atom stereocenters. The first-order valence-corrected chi connectivity index (χ1v) is 6.32. The normalized spacial score (nSPS) is 23.1. The molecule has 0 amide bonds. The van der Waals surface area contributed by atoms with E-state index in [-0.39, 0.29) is 16.7 Å². The van der Waals surface area contributed by atoms with E-state index in [9.17, 15) is 26.3 Å². The predicted octanol–water partition coefficient (Wildman–Crippen LogP) is 4.53. The van der Waals surface area contributed by atoms with Crippen molar-refractivity contribution >= 4 is 0 Å².